The molecule has 3 aromatic heterocycles. The van der Waals surface area contributed by atoms with E-state index in [1.54, 1.807) is 43.5 Å². The second kappa shape index (κ2) is 5.78. The largest absolute Gasteiger partial charge is 0.321 e. The summed E-state index contributed by atoms with van der Waals surface area (Å²) in [6.07, 6.45) is 1.64. The minimum Gasteiger partial charge on any atom is -0.321 e. The molecule has 0 aliphatic heterocycles. The minimum absolute atomic E-state index is 0.225. The average molecular weight is 353 g/mol. The Morgan fingerprint density at radius 1 is 1.24 bits per heavy atom. The Morgan fingerprint density at radius 3 is 2.88 bits per heavy atom. The topological polar surface area (TPSA) is 63.5 Å². The summed E-state index contributed by atoms with van der Waals surface area (Å²) < 4.78 is 15.0. The van der Waals surface area contributed by atoms with Crippen molar-refractivity contribution in [2.75, 3.05) is 5.32 Å². The Bertz CT molecular complexity index is 1200. The molecule has 4 rings (SSSR count). The summed E-state index contributed by atoms with van der Waals surface area (Å²) in [7, 11) is 0. The molecule has 0 spiro atoms. The van der Waals surface area contributed by atoms with Crippen LogP contribution in [0.3, 0.4) is 0 Å². The van der Waals surface area contributed by atoms with Gasteiger partial charge in [-0.1, -0.05) is 12.1 Å². The van der Waals surface area contributed by atoms with E-state index < -0.39 is 5.91 Å². The number of anilines is 1. The first-order valence-electron chi connectivity index (χ1n) is 7.51. The van der Waals surface area contributed by atoms with Gasteiger partial charge in [-0.15, -0.1) is 11.3 Å². The molecule has 4 aromatic rings. The van der Waals surface area contributed by atoms with Crippen LogP contribution in [-0.4, -0.2) is 15.3 Å². The van der Waals surface area contributed by atoms with Crippen LogP contribution in [0.1, 0.15) is 15.2 Å². The van der Waals surface area contributed by atoms with E-state index in [1.807, 2.05) is 0 Å². The summed E-state index contributed by atoms with van der Waals surface area (Å²) in [4.78, 5) is 30.2. The smallest absolute Gasteiger partial charge is 0.266 e. The van der Waals surface area contributed by atoms with Gasteiger partial charge in [0.1, 0.15) is 16.3 Å². The van der Waals surface area contributed by atoms with E-state index in [9.17, 15) is 14.0 Å². The van der Waals surface area contributed by atoms with E-state index in [0.717, 1.165) is 11.3 Å². The zero-order valence-corrected chi connectivity index (χ0v) is 13.9. The Hall–Kier alpha value is -3.06. The van der Waals surface area contributed by atoms with Gasteiger partial charge >= 0.3 is 0 Å². The molecule has 1 aromatic carbocycles. The summed E-state index contributed by atoms with van der Waals surface area (Å²) in [5.74, 6) is -0.792. The van der Waals surface area contributed by atoms with Crippen molar-refractivity contribution in [2.45, 2.75) is 6.92 Å². The molecule has 0 aliphatic carbocycles. The lowest BCUT2D eigenvalue weighted by Gasteiger charge is -2.04. The maximum Gasteiger partial charge on any atom is 0.266 e. The molecule has 0 saturated carbocycles. The van der Waals surface area contributed by atoms with Crippen molar-refractivity contribution in [3.8, 4) is 0 Å². The molecule has 3 heterocycles. The van der Waals surface area contributed by atoms with E-state index in [1.165, 1.54) is 16.5 Å². The highest BCUT2D eigenvalue weighted by atomic mass is 32.1. The number of benzene rings is 1. The number of hydrogen-bond acceptors (Lipinski definition) is 4. The molecule has 0 radical (unpaired) electrons. The Morgan fingerprint density at radius 2 is 2.08 bits per heavy atom. The quantitative estimate of drug-likeness (QED) is 0.599. The standard InChI is InChI=1S/C18H12FN3O2S/c1-10-5-6-11(8-13(10)19)20-16(23)14-9-12-17(25-14)21-15-4-2-3-7-22(15)18(12)24/h2-9H,1H3,(H,20,23). The number of aromatic nitrogens is 2. The lowest BCUT2D eigenvalue weighted by molar-refractivity contribution is 0.103. The number of thiophene rings is 1. The number of halogens is 1. The lowest BCUT2D eigenvalue weighted by atomic mass is 10.2. The van der Waals surface area contributed by atoms with Crippen molar-refractivity contribution >= 4 is 38.8 Å². The van der Waals surface area contributed by atoms with Crippen LogP contribution in [0.2, 0.25) is 0 Å². The number of nitrogens with zero attached hydrogens (tertiary/aromatic N) is 2. The first kappa shape index (κ1) is 15.5. The average Bonchev–Trinajstić information content (AvgIpc) is 3.03. The highest BCUT2D eigenvalue weighted by molar-refractivity contribution is 7.20. The molecule has 0 aliphatic rings. The number of aryl methyl sites for hydroxylation is 1. The first-order chi connectivity index (χ1) is 12.0. The van der Waals surface area contributed by atoms with Crippen molar-refractivity contribution < 1.29 is 9.18 Å². The summed E-state index contributed by atoms with van der Waals surface area (Å²) in [5.41, 5.74) is 1.16. The number of carbonyl (C=O) groups excluding carboxylic acids is 1. The highest BCUT2D eigenvalue weighted by Crippen LogP contribution is 2.23. The van der Waals surface area contributed by atoms with E-state index >= 15 is 0 Å². The molecule has 0 saturated heterocycles. The van der Waals surface area contributed by atoms with Gasteiger partial charge in [0, 0.05) is 11.9 Å². The lowest BCUT2D eigenvalue weighted by Crippen LogP contribution is -2.13. The summed E-state index contributed by atoms with van der Waals surface area (Å²) >= 11 is 1.13. The molecular formula is C18H12FN3O2S. The number of amides is 1. The molecular weight excluding hydrogens is 341 g/mol. The third kappa shape index (κ3) is 2.68. The van der Waals surface area contributed by atoms with Gasteiger partial charge in [-0.3, -0.25) is 14.0 Å². The number of hydrogen-bond donors (Lipinski definition) is 1. The zero-order chi connectivity index (χ0) is 17.6. The number of rotatable bonds is 2. The second-order valence-electron chi connectivity index (χ2n) is 5.59. The molecule has 1 amide bonds. The van der Waals surface area contributed by atoms with E-state index in [4.69, 9.17) is 0 Å². The Kier molecular flexibility index (Phi) is 3.58. The van der Waals surface area contributed by atoms with Gasteiger partial charge in [0.2, 0.25) is 0 Å². The fraction of sp³-hybridized carbons (Fsp3) is 0.0556. The molecule has 0 bridgehead atoms. The van der Waals surface area contributed by atoms with Crippen LogP contribution >= 0.6 is 11.3 Å². The molecule has 1 N–H and O–H groups in total. The fourth-order valence-corrected chi connectivity index (χ4v) is 3.45. The first-order valence-corrected chi connectivity index (χ1v) is 8.33. The van der Waals surface area contributed by atoms with Crippen molar-refractivity contribution in [1.82, 2.24) is 9.38 Å². The second-order valence-corrected chi connectivity index (χ2v) is 6.62. The van der Waals surface area contributed by atoms with Crippen molar-refractivity contribution in [3.05, 3.63) is 75.3 Å². The van der Waals surface area contributed by atoms with Crippen molar-refractivity contribution in [3.63, 3.8) is 0 Å². The van der Waals surface area contributed by atoms with Crippen LogP contribution in [0.4, 0.5) is 10.1 Å². The van der Waals surface area contributed by atoms with E-state index in [2.05, 4.69) is 10.3 Å². The maximum absolute atomic E-state index is 13.6. The summed E-state index contributed by atoms with van der Waals surface area (Å²) in [6.45, 7) is 1.65. The SMILES string of the molecule is Cc1ccc(NC(=O)c2cc3c(=O)n4ccccc4nc3s2)cc1F. The number of nitrogens with one attached hydrogen (secondary N) is 1. The van der Waals surface area contributed by atoms with Crippen LogP contribution in [-0.2, 0) is 0 Å². The van der Waals surface area contributed by atoms with Crippen LogP contribution in [0, 0.1) is 12.7 Å². The Labute approximate surface area is 145 Å². The normalized spacial score (nSPS) is 11.1. The molecule has 124 valence electrons. The van der Waals surface area contributed by atoms with Crippen LogP contribution in [0.15, 0.2) is 53.5 Å². The predicted octanol–water partition coefficient (Wildman–Crippen LogP) is 3.61. The van der Waals surface area contributed by atoms with Crippen molar-refractivity contribution in [2.24, 2.45) is 0 Å². The monoisotopic (exact) mass is 353 g/mol. The Balaban J connectivity index is 1.74. The molecule has 7 heteroatoms. The molecule has 0 atom stereocenters. The van der Waals surface area contributed by atoms with E-state index in [0.29, 0.717) is 32.0 Å². The predicted molar refractivity (Wildman–Crippen MR) is 95.9 cm³/mol. The number of fused-ring (bicyclic) bond motifs is 2. The third-order valence-corrected chi connectivity index (χ3v) is 4.90. The number of pyridine rings is 1. The summed E-state index contributed by atoms with van der Waals surface area (Å²) in [5, 5.41) is 3.03. The number of carbonyl (C=O) groups is 1. The molecule has 5 nitrogen and oxygen atoms in total. The van der Waals surface area contributed by atoms with Gasteiger partial charge in [0.15, 0.2) is 0 Å². The minimum atomic E-state index is -0.403. The van der Waals surface area contributed by atoms with Crippen LogP contribution < -0.4 is 10.9 Å². The van der Waals surface area contributed by atoms with Crippen LogP contribution in [0.5, 0.6) is 0 Å². The van der Waals surface area contributed by atoms with Gasteiger partial charge in [0.25, 0.3) is 11.5 Å². The maximum atomic E-state index is 13.6. The van der Waals surface area contributed by atoms with Crippen molar-refractivity contribution in [1.29, 1.82) is 0 Å². The van der Waals surface area contributed by atoms with Gasteiger partial charge in [-0.2, -0.15) is 0 Å². The van der Waals surface area contributed by atoms with E-state index in [-0.39, 0.29) is 11.4 Å². The zero-order valence-electron chi connectivity index (χ0n) is 13.1. The van der Waals surface area contributed by atoms with Gasteiger partial charge in [-0.05, 0) is 42.8 Å². The summed E-state index contributed by atoms with van der Waals surface area (Å²) in [6, 6.07) is 11.3. The van der Waals surface area contributed by atoms with Gasteiger partial charge < -0.3 is 5.32 Å². The molecule has 25 heavy (non-hydrogen) atoms. The van der Waals surface area contributed by atoms with Gasteiger partial charge in [0.05, 0.1) is 10.3 Å². The molecule has 0 fully saturated rings. The highest BCUT2D eigenvalue weighted by Gasteiger charge is 2.15. The van der Waals surface area contributed by atoms with Gasteiger partial charge in [-0.25, -0.2) is 9.37 Å². The third-order valence-electron chi connectivity index (χ3n) is 3.87. The fourth-order valence-electron chi connectivity index (χ4n) is 2.52. The van der Waals surface area contributed by atoms with Crippen LogP contribution in [0.25, 0.3) is 15.9 Å². The molecule has 0 unspecified atom stereocenters.